The average Bonchev–Trinajstić information content (AvgIpc) is 3.06. The van der Waals surface area contributed by atoms with Gasteiger partial charge < -0.3 is 10.0 Å². The first-order chi connectivity index (χ1) is 12.9. The Balaban J connectivity index is 1.48. The number of carbonyl (C=O) groups excluding carboxylic acids is 1. The number of hydrogen-bond donors (Lipinski definition) is 1. The maximum atomic E-state index is 11.9. The van der Waals surface area contributed by atoms with Gasteiger partial charge in [-0.05, 0) is 37.5 Å². The number of piperidine rings is 1. The monoisotopic (exact) mass is 384 g/mol. The molecule has 7 heteroatoms. The van der Waals surface area contributed by atoms with Gasteiger partial charge in [-0.2, -0.15) is 5.26 Å². The summed E-state index contributed by atoms with van der Waals surface area (Å²) in [6, 6.07) is 5.55. The van der Waals surface area contributed by atoms with Crippen molar-refractivity contribution in [1.82, 2.24) is 4.98 Å². The number of aromatic nitrogens is 1. The highest BCUT2D eigenvalue weighted by molar-refractivity contribution is 6.30. The molecule has 1 unspecified atom stereocenters. The van der Waals surface area contributed by atoms with Gasteiger partial charge >= 0.3 is 0 Å². The number of pyridine rings is 1. The minimum absolute atomic E-state index is 0.0915. The Kier molecular flexibility index (Phi) is 4.53. The second-order valence-corrected chi connectivity index (χ2v) is 8.09. The minimum atomic E-state index is -1.10. The van der Waals surface area contributed by atoms with Crippen LogP contribution in [0.2, 0.25) is 5.15 Å². The van der Waals surface area contributed by atoms with Crippen LogP contribution in [0.25, 0.3) is 0 Å². The van der Waals surface area contributed by atoms with E-state index in [2.05, 4.69) is 9.88 Å². The summed E-state index contributed by atoms with van der Waals surface area (Å²) in [5.74, 6) is 1.15. The van der Waals surface area contributed by atoms with E-state index in [1.54, 1.807) is 13.0 Å². The van der Waals surface area contributed by atoms with Gasteiger partial charge in [0, 0.05) is 43.1 Å². The number of anilines is 1. The number of aliphatic hydroxyl groups is 1. The molecule has 4 rings (SSSR count). The highest BCUT2D eigenvalue weighted by atomic mass is 35.5. The predicted molar refractivity (Wildman–Crippen MR) is 103 cm³/mol. The van der Waals surface area contributed by atoms with E-state index in [1.165, 1.54) is 0 Å². The molecule has 0 radical (unpaired) electrons. The van der Waals surface area contributed by atoms with Crippen molar-refractivity contribution in [2.45, 2.75) is 38.2 Å². The maximum absolute atomic E-state index is 11.9. The molecule has 3 heterocycles. The highest BCUT2D eigenvalue weighted by Crippen LogP contribution is 2.40. The van der Waals surface area contributed by atoms with Crippen molar-refractivity contribution in [2.24, 2.45) is 10.9 Å². The molecule has 0 bridgehead atoms. The van der Waals surface area contributed by atoms with E-state index >= 15 is 0 Å². The third kappa shape index (κ3) is 3.26. The van der Waals surface area contributed by atoms with E-state index in [9.17, 15) is 9.90 Å². The van der Waals surface area contributed by atoms with Gasteiger partial charge in [0.1, 0.15) is 22.8 Å². The molecule has 1 aromatic rings. The van der Waals surface area contributed by atoms with Crippen LogP contribution in [0.3, 0.4) is 0 Å². The molecule has 0 saturated carbocycles. The van der Waals surface area contributed by atoms with E-state index in [0.29, 0.717) is 18.5 Å². The lowest BCUT2D eigenvalue weighted by molar-refractivity contribution is -0.122. The zero-order valence-corrected chi connectivity index (χ0v) is 16.0. The standard InChI is InChI=1S/C20H21ClN4O2/c1-20(27)9-15(26)8-14-11-23-18(17(14)20)12-4-6-25(7-5-12)16-3-2-13(10-22)19(21)24-16/h2-3,12,27H,4-9,11H2,1H3. The molecule has 1 atom stereocenters. The van der Waals surface area contributed by atoms with Crippen molar-refractivity contribution in [1.29, 1.82) is 5.26 Å². The molecule has 1 aromatic heterocycles. The third-order valence-corrected chi connectivity index (χ3v) is 5.99. The van der Waals surface area contributed by atoms with Gasteiger partial charge in [0.25, 0.3) is 0 Å². The topological polar surface area (TPSA) is 89.6 Å². The SMILES string of the molecule is CC1(O)CC(=O)CC2=C1C(C1CCN(c3ccc(C#N)c(Cl)n3)CC1)=NC2. The first-order valence-electron chi connectivity index (χ1n) is 9.22. The van der Waals surface area contributed by atoms with Crippen LogP contribution in [0.4, 0.5) is 5.82 Å². The quantitative estimate of drug-likeness (QED) is 0.792. The zero-order valence-electron chi connectivity index (χ0n) is 15.2. The van der Waals surface area contributed by atoms with Gasteiger partial charge in [-0.3, -0.25) is 9.79 Å². The van der Waals surface area contributed by atoms with Crippen molar-refractivity contribution in [2.75, 3.05) is 24.5 Å². The summed E-state index contributed by atoms with van der Waals surface area (Å²) in [7, 11) is 0. The Morgan fingerprint density at radius 2 is 2.11 bits per heavy atom. The molecule has 1 saturated heterocycles. The van der Waals surface area contributed by atoms with Crippen LogP contribution in [0, 0.1) is 17.2 Å². The number of rotatable bonds is 2. The lowest BCUT2D eigenvalue weighted by Crippen LogP contribution is -2.42. The van der Waals surface area contributed by atoms with Crippen molar-refractivity contribution < 1.29 is 9.90 Å². The molecule has 0 amide bonds. The summed E-state index contributed by atoms with van der Waals surface area (Å²) in [6.45, 7) is 3.89. The van der Waals surface area contributed by atoms with Crippen molar-refractivity contribution in [3.8, 4) is 6.07 Å². The maximum Gasteiger partial charge on any atom is 0.149 e. The molecule has 3 aliphatic rings. The van der Waals surface area contributed by atoms with Crippen LogP contribution in [-0.2, 0) is 4.79 Å². The van der Waals surface area contributed by atoms with Crippen molar-refractivity contribution in [3.63, 3.8) is 0 Å². The fourth-order valence-electron chi connectivity index (χ4n) is 4.49. The molecule has 0 spiro atoms. The van der Waals surface area contributed by atoms with Crippen LogP contribution in [-0.4, -0.2) is 46.8 Å². The summed E-state index contributed by atoms with van der Waals surface area (Å²) in [5, 5.41) is 20.0. The number of aliphatic imine (C=N–C) groups is 1. The van der Waals surface area contributed by atoms with Gasteiger partial charge in [-0.15, -0.1) is 0 Å². The average molecular weight is 385 g/mol. The fourth-order valence-corrected chi connectivity index (χ4v) is 4.68. The Hall–Kier alpha value is -2.23. The number of Topliss-reactive ketones (excluding diaryl/α,β-unsaturated/α-hetero) is 1. The van der Waals surface area contributed by atoms with E-state index < -0.39 is 5.60 Å². The molecular formula is C20H21ClN4O2. The minimum Gasteiger partial charge on any atom is -0.385 e. The molecule has 1 fully saturated rings. The number of nitriles is 1. The zero-order chi connectivity index (χ0) is 19.2. The van der Waals surface area contributed by atoms with E-state index in [4.69, 9.17) is 21.9 Å². The molecule has 140 valence electrons. The Morgan fingerprint density at radius 1 is 1.37 bits per heavy atom. The number of halogens is 1. The van der Waals surface area contributed by atoms with Crippen molar-refractivity contribution in [3.05, 3.63) is 34.0 Å². The lowest BCUT2D eigenvalue weighted by atomic mass is 9.74. The molecule has 27 heavy (non-hydrogen) atoms. The lowest BCUT2D eigenvalue weighted by Gasteiger charge is -2.37. The largest absolute Gasteiger partial charge is 0.385 e. The molecule has 1 N–H and O–H groups in total. The van der Waals surface area contributed by atoms with Gasteiger partial charge in [0.15, 0.2) is 0 Å². The second kappa shape index (κ2) is 6.74. The Morgan fingerprint density at radius 3 is 2.78 bits per heavy atom. The normalized spacial score (nSPS) is 26.1. The number of ketones is 1. The number of carbonyl (C=O) groups is 1. The smallest absolute Gasteiger partial charge is 0.149 e. The predicted octanol–water partition coefficient (Wildman–Crippen LogP) is 2.69. The fraction of sp³-hybridized carbons (Fsp3) is 0.500. The van der Waals surface area contributed by atoms with Crippen molar-refractivity contribution >= 4 is 28.9 Å². The molecule has 1 aliphatic carbocycles. The number of nitrogens with zero attached hydrogens (tertiary/aromatic N) is 4. The van der Waals surface area contributed by atoms with Gasteiger partial charge in [-0.25, -0.2) is 4.98 Å². The third-order valence-electron chi connectivity index (χ3n) is 5.70. The van der Waals surface area contributed by atoms with Crippen LogP contribution in [0.15, 0.2) is 28.3 Å². The van der Waals surface area contributed by atoms with E-state index in [0.717, 1.165) is 48.6 Å². The van der Waals surface area contributed by atoms with E-state index in [1.807, 2.05) is 12.1 Å². The van der Waals surface area contributed by atoms with Gasteiger partial charge in [0.2, 0.25) is 0 Å². The van der Waals surface area contributed by atoms with Crippen LogP contribution >= 0.6 is 11.6 Å². The summed E-state index contributed by atoms with van der Waals surface area (Å²) in [5.41, 5.74) is 2.19. The Bertz CT molecular complexity index is 905. The summed E-state index contributed by atoms with van der Waals surface area (Å²) >= 11 is 6.06. The Labute approximate surface area is 163 Å². The number of hydrogen-bond acceptors (Lipinski definition) is 6. The molecule has 2 aliphatic heterocycles. The molecule has 0 aromatic carbocycles. The summed E-state index contributed by atoms with van der Waals surface area (Å²) < 4.78 is 0. The summed E-state index contributed by atoms with van der Waals surface area (Å²) in [6.07, 6.45) is 2.40. The van der Waals surface area contributed by atoms with Gasteiger partial charge in [-0.1, -0.05) is 11.6 Å². The molecule has 6 nitrogen and oxygen atoms in total. The summed E-state index contributed by atoms with van der Waals surface area (Å²) in [4.78, 5) is 23.1. The highest BCUT2D eigenvalue weighted by Gasteiger charge is 2.43. The second-order valence-electron chi connectivity index (χ2n) is 7.73. The first-order valence-corrected chi connectivity index (χ1v) is 9.60. The van der Waals surface area contributed by atoms with E-state index in [-0.39, 0.29) is 23.3 Å². The molecular weight excluding hydrogens is 364 g/mol. The van der Waals surface area contributed by atoms with Gasteiger partial charge in [0.05, 0.1) is 17.7 Å². The van der Waals surface area contributed by atoms with Crippen LogP contribution in [0.1, 0.15) is 38.2 Å². The first kappa shape index (κ1) is 18.1. The van der Waals surface area contributed by atoms with Crippen LogP contribution < -0.4 is 4.90 Å². The van der Waals surface area contributed by atoms with Crippen LogP contribution in [0.5, 0.6) is 0 Å².